The van der Waals surface area contributed by atoms with Gasteiger partial charge in [-0.2, -0.15) is 5.10 Å². The number of aryl methyl sites for hydroxylation is 2. The number of carbonyl (C=O) groups excluding carboxylic acids is 1. The normalized spacial score (nSPS) is 18.9. The zero-order valence-electron chi connectivity index (χ0n) is 13.4. The lowest BCUT2D eigenvalue weighted by Crippen LogP contribution is -2.47. The highest BCUT2D eigenvalue weighted by Gasteiger charge is 2.24. The van der Waals surface area contributed by atoms with Gasteiger partial charge in [0.15, 0.2) is 0 Å². The molecular weight excluding hydrogens is 288 g/mol. The lowest BCUT2D eigenvalue weighted by Gasteiger charge is -2.33. The van der Waals surface area contributed by atoms with E-state index >= 15 is 0 Å². The fraction of sp³-hybridized carbons (Fsp3) is 0.786. The van der Waals surface area contributed by atoms with Crippen molar-refractivity contribution in [1.82, 2.24) is 19.2 Å². The van der Waals surface area contributed by atoms with E-state index in [9.17, 15) is 9.59 Å². The molecule has 1 aromatic heterocycles. The Morgan fingerprint density at radius 1 is 1.55 bits per heavy atom. The van der Waals surface area contributed by atoms with E-state index in [-0.39, 0.29) is 30.2 Å². The first-order chi connectivity index (χ1) is 10.5. The lowest BCUT2D eigenvalue weighted by molar-refractivity contribution is -0.142. The summed E-state index contributed by atoms with van der Waals surface area (Å²) in [6.45, 7) is 6.34. The average molecular weight is 312 g/mol. The summed E-state index contributed by atoms with van der Waals surface area (Å²) < 4.78 is 13.8. The quantitative estimate of drug-likeness (QED) is 0.716. The molecule has 0 N–H and O–H groups in total. The highest BCUT2D eigenvalue weighted by molar-refractivity contribution is 5.76. The Balaban J connectivity index is 1.81. The molecule has 1 unspecified atom stereocenters. The number of rotatable bonds is 6. The van der Waals surface area contributed by atoms with Gasteiger partial charge in [0.2, 0.25) is 5.91 Å². The van der Waals surface area contributed by atoms with Crippen molar-refractivity contribution in [2.45, 2.75) is 39.0 Å². The molecule has 0 radical (unpaired) electrons. The van der Waals surface area contributed by atoms with Crippen molar-refractivity contribution < 1.29 is 14.3 Å². The van der Waals surface area contributed by atoms with Crippen LogP contribution in [0.2, 0.25) is 0 Å². The summed E-state index contributed by atoms with van der Waals surface area (Å²) in [4.78, 5) is 25.7. The molecule has 1 amide bonds. The van der Waals surface area contributed by atoms with Crippen molar-refractivity contribution in [3.05, 3.63) is 16.8 Å². The van der Waals surface area contributed by atoms with Crippen LogP contribution in [0.1, 0.15) is 20.3 Å². The Hall–Kier alpha value is -1.67. The minimum atomic E-state index is -0.210. The van der Waals surface area contributed by atoms with E-state index in [1.54, 1.807) is 11.9 Å². The maximum absolute atomic E-state index is 12.3. The van der Waals surface area contributed by atoms with Gasteiger partial charge in [0, 0.05) is 26.6 Å². The van der Waals surface area contributed by atoms with E-state index in [4.69, 9.17) is 9.47 Å². The molecule has 0 saturated carbocycles. The number of amides is 1. The zero-order valence-corrected chi connectivity index (χ0v) is 13.4. The summed E-state index contributed by atoms with van der Waals surface area (Å²) in [5.74, 6) is 0.00963. The highest BCUT2D eigenvalue weighted by atomic mass is 16.5. The first kappa shape index (κ1) is 16.7. The second kappa shape index (κ2) is 7.55. The van der Waals surface area contributed by atoms with Crippen LogP contribution in [0, 0.1) is 0 Å². The van der Waals surface area contributed by atoms with Crippen LogP contribution >= 0.6 is 0 Å². The molecule has 2 rings (SSSR count). The van der Waals surface area contributed by atoms with Gasteiger partial charge in [-0.1, -0.05) is 0 Å². The molecule has 124 valence electrons. The number of aromatic nitrogens is 3. The third-order valence-corrected chi connectivity index (χ3v) is 3.53. The van der Waals surface area contributed by atoms with Crippen molar-refractivity contribution in [2.75, 3.05) is 26.3 Å². The van der Waals surface area contributed by atoms with E-state index in [0.29, 0.717) is 32.8 Å². The monoisotopic (exact) mass is 312 g/mol. The molecule has 2 heterocycles. The maximum Gasteiger partial charge on any atom is 0.345 e. The van der Waals surface area contributed by atoms with Crippen molar-refractivity contribution >= 4 is 5.91 Å². The summed E-state index contributed by atoms with van der Waals surface area (Å²) >= 11 is 0. The van der Waals surface area contributed by atoms with Crippen molar-refractivity contribution in [3.63, 3.8) is 0 Å². The van der Waals surface area contributed by atoms with Gasteiger partial charge < -0.3 is 14.4 Å². The molecule has 1 aliphatic rings. The third-order valence-electron chi connectivity index (χ3n) is 3.53. The number of ether oxygens (including phenoxy) is 2. The highest BCUT2D eigenvalue weighted by Crippen LogP contribution is 2.08. The van der Waals surface area contributed by atoms with E-state index in [1.165, 1.54) is 15.6 Å². The zero-order chi connectivity index (χ0) is 16.1. The lowest BCUT2D eigenvalue weighted by atomic mass is 10.2. The molecule has 0 aliphatic carbocycles. The second-order valence-corrected chi connectivity index (χ2v) is 5.71. The van der Waals surface area contributed by atoms with E-state index in [0.717, 1.165) is 0 Å². The SMILES string of the molecule is CC(C)OCC1CN(C(=O)CCn2ncn(C)c2=O)CCO1. The minimum absolute atomic E-state index is 0.00963. The van der Waals surface area contributed by atoms with Crippen LogP contribution in [0.3, 0.4) is 0 Å². The third kappa shape index (κ3) is 4.41. The fourth-order valence-electron chi connectivity index (χ4n) is 2.28. The maximum atomic E-state index is 12.3. The van der Waals surface area contributed by atoms with Gasteiger partial charge in [0.05, 0.1) is 32.0 Å². The molecule has 0 bridgehead atoms. The van der Waals surface area contributed by atoms with Crippen LogP contribution in [0.5, 0.6) is 0 Å². The van der Waals surface area contributed by atoms with E-state index < -0.39 is 0 Å². The predicted octanol–water partition coefficient (Wildman–Crippen LogP) is -0.376. The van der Waals surface area contributed by atoms with Crippen molar-refractivity contribution in [1.29, 1.82) is 0 Å². The fourth-order valence-corrected chi connectivity index (χ4v) is 2.28. The topological polar surface area (TPSA) is 78.6 Å². The van der Waals surface area contributed by atoms with Gasteiger partial charge >= 0.3 is 5.69 Å². The van der Waals surface area contributed by atoms with Gasteiger partial charge in [-0.05, 0) is 13.8 Å². The summed E-state index contributed by atoms with van der Waals surface area (Å²) in [5, 5.41) is 3.95. The van der Waals surface area contributed by atoms with Crippen LogP contribution in [0.15, 0.2) is 11.1 Å². The molecule has 8 heteroatoms. The summed E-state index contributed by atoms with van der Waals surface area (Å²) in [5.41, 5.74) is -0.210. The van der Waals surface area contributed by atoms with Gasteiger partial charge in [-0.15, -0.1) is 0 Å². The number of hydrogen-bond acceptors (Lipinski definition) is 5. The Morgan fingerprint density at radius 3 is 2.95 bits per heavy atom. The standard InChI is InChI=1S/C14H24N4O4/c1-11(2)22-9-12-8-17(6-7-21-12)13(19)4-5-18-14(20)16(3)10-15-18/h10-12H,4-9H2,1-3H3. The molecule has 1 fully saturated rings. The Labute approximate surface area is 129 Å². The molecule has 1 aliphatic heterocycles. The largest absolute Gasteiger partial charge is 0.376 e. The number of morpholine rings is 1. The first-order valence-electron chi connectivity index (χ1n) is 7.56. The first-order valence-corrected chi connectivity index (χ1v) is 7.56. The molecule has 0 aromatic carbocycles. The van der Waals surface area contributed by atoms with Crippen molar-refractivity contribution in [2.24, 2.45) is 7.05 Å². The van der Waals surface area contributed by atoms with Crippen molar-refractivity contribution in [3.8, 4) is 0 Å². The van der Waals surface area contributed by atoms with E-state index in [2.05, 4.69) is 5.10 Å². The van der Waals surface area contributed by atoms with Gasteiger partial charge in [0.25, 0.3) is 0 Å². The molecule has 8 nitrogen and oxygen atoms in total. The molecule has 1 atom stereocenters. The van der Waals surface area contributed by atoms with Gasteiger partial charge in [-0.3, -0.25) is 9.36 Å². The minimum Gasteiger partial charge on any atom is -0.376 e. The summed E-state index contributed by atoms with van der Waals surface area (Å²) in [7, 11) is 1.63. The van der Waals surface area contributed by atoms with Gasteiger partial charge in [-0.25, -0.2) is 9.48 Å². The molecule has 1 saturated heterocycles. The molecular formula is C14H24N4O4. The van der Waals surface area contributed by atoms with Crippen LogP contribution in [0.25, 0.3) is 0 Å². The van der Waals surface area contributed by atoms with Gasteiger partial charge in [0.1, 0.15) is 6.33 Å². The number of carbonyl (C=O) groups is 1. The second-order valence-electron chi connectivity index (χ2n) is 5.71. The predicted molar refractivity (Wildman–Crippen MR) is 79.5 cm³/mol. The Morgan fingerprint density at radius 2 is 2.32 bits per heavy atom. The number of nitrogens with zero attached hydrogens (tertiary/aromatic N) is 4. The van der Waals surface area contributed by atoms with Crippen LogP contribution < -0.4 is 5.69 Å². The molecule has 1 aromatic rings. The van der Waals surface area contributed by atoms with Crippen LogP contribution in [0.4, 0.5) is 0 Å². The Bertz CT molecular complexity index is 551. The summed E-state index contributed by atoms with van der Waals surface area (Å²) in [6, 6.07) is 0. The number of hydrogen-bond donors (Lipinski definition) is 0. The smallest absolute Gasteiger partial charge is 0.345 e. The molecule has 0 spiro atoms. The van der Waals surface area contributed by atoms with Crippen LogP contribution in [-0.2, 0) is 27.9 Å². The van der Waals surface area contributed by atoms with E-state index in [1.807, 2.05) is 13.8 Å². The molecule has 22 heavy (non-hydrogen) atoms. The average Bonchev–Trinajstić information content (AvgIpc) is 2.82. The van der Waals surface area contributed by atoms with Crippen LogP contribution in [-0.4, -0.2) is 63.7 Å². The summed E-state index contributed by atoms with van der Waals surface area (Å²) in [6.07, 6.45) is 1.76. The Kier molecular flexibility index (Phi) is 5.73.